The van der Waals surface area contributed by atoms with Gasteiger partial charge in [-0.1, -0.05) is 49.7 Å². The summed E-state index contributed by atoms with van der Waals surface area (Å²) in [5, 5.41) is 2.14. The molecule has 1 aliphatic heterocycles. The molecule has 0 aliphatic carbocycles. The van der Waals surface area contributed by atoms with Crippen LogP contribution in [0.5, 0.6) is 5.75 Å². The van der Waals surface area contributed by atoms with Gasteiger partial charge in [0.2, 0.25) is 0 Å². The molecule has 0 unspecified atom stereocenters. The van der Waals surface area contributed by atoms with Crippen LogP contribution < -0.4 is 15.2 Å². The monoisotopic (exact) mass is 323 g/mol. The average molecular weight is 323 g/mol. The minimum Gasteiger partial charge on any atom is -0.489 e. The third-order valence-corrected chi connectivity index (χ3v) is 4.03. The lowest BCUT2D eigenvalue weighted by Gasteiger charge is -2.19. The summed E-state index contributed by atoms with van der Waals surface area (Å²) >= 11 is 0. The molecule has 0 bridgehead atoms. The van der Waals surface area contributed by atoms with E-state index in [2.05, 4.69) is 46.6 Å². The van der Waals surface area contributed by atoms with Crippen molar-refractivity contribution in [1.82, 2.24) is 5.43 Å². The minimum atomic E-state index is 0.585. The second kappa shape index (κ2) is 8.39. The Hall–Kier alpha value is -2.49. The van der Waals surface area contributed by atoms with E-state index in [4.69, 9.17) is 4.74 Å². The van der Waals surface area contributed by atoms with Gasteiger partial charge in [-0.25, -0.2) is 0 Å². The highest BCUT2D eigenvalue weighted by atomic mass is 16.5. The number of benzene rings is 2. The molecule has 4 heteroatoms. The highest BCUT2D eigenvalue weighted by Crippen LogP contribution is 2.23. The zero-order valence-corrected chi connectivity index (χ0v) is 14.2. The summed E-state index contributed by atoms with van der Waals surface area (Å²) in [7, 11) is 0. The van der Waals surface area contributed by atoms with Crippen molar-refractivity contribution in [2.75, 3.05) is 18.1 Å². The van der Waals surface area contributed by atoms with Gasteiger partial charge in [0.15, 0.2) is 0 Å². The first kappa shape index (κ1) is 16.4. The minimum absolute atomic E-state index is 0.585. The largest absolute Gasteiger partial charge is 0.489 e. The molecule has 24 heavy (non-hydrogen) atoms. The van der Waals surface area contributed by atoms with E-state index in [0.717, 1.165) is 43.2 Å². The fourth-order valence-corrected chi connectivity index (χ4v) is 2.65. The maximum Gasteiger partial charge on any atom is 0.121 e. The fourth-order valence-electron chi connectivity index (χ4n) is 2.65. The lowest BCUT2D eigenvalue weighted by Crippen LogP contribution is -2.33. The maximum absolute atomic E-state index is 5.91. The second-order valence-electron chi connectivity index (χ2n) is 5.97. The summed E-state index contributed by atoms with van der Waals surface area (Å²) in [6.07, 6.45) is 3.30. The second-order valence-corrected chi connectivity index (χ2v) is 5.97. The van der Waals surface area contributed by atoms with E-state index in [-0.39, 0.29) is 0 Å². The van der Waals surface area contributed by atoms with Gasteiger partial charge >= 0.3 is 0 Å². The van der Waals surface area contributed by atoms with Gasteiger partial charge in [0.1, 0.15) is 18.2 Å². The Morgan fingerprint density at radius 1 is 1.12 bits per heavy atom. The number of rotatable bonds is 7. The van der Waals surface area contributed by atoms with Crippen LogP contribution in [0.1, 0.15) is 31.7 Å². The van der Waals surface area contributed by atoms with Crippen molar-refractivity contribution in [2.24, 2.45) is 4.99 Å². The lowest BCUT2D eigenvalue weighted by molar-refractivity contribution is 0.306. The predicted octanol–water partition coefficient (Wildman–Crippen LogP) is 4.18. The van der Waals surface area contributed by atoms with Crippen molar-refractivity contribution >= 4 is 11.5 Å². The molecule has 0 radical (unpaired) electrons. The van der Waals surface area contributed by atoms with Crippen LogP contribution in [0.4, 0.5) is 5.69 Å². The van der Waals surface area contributed by atoms with Crippen LogP contribution in [-0.4, -0.2) is 18.9 Å². The molecule has 1 fully saturated rings. The van der Waals surface area contributed by atoms with Crippen LogP contribution in [0.3, 0.4) is 0 Å². The first-order valence-corrected chi connectivity index (χ1v) is 8.69. The van der Waals surface area contributed by atoms with Gasteiger partial charge < -0.3 is 4.74 Å². The summed E-state index contributed by atoms with van der Waals surface area (Å²) < 4.78 is 5.91. The number of hydrogen-bond acceptors (Lipinski definition) is 3. The highest BCUT2D eigenvalue weighted by Gasteiger charge is 2.17. The van der Waals surface area contributed by atoms with Crippen LogP contribution in [-0.2, 0) is 6.61 Å². The standard InChI is InChI=1S/C20H25N3O/c1-2-3-13-21-20-12-14-23(22-20)18-10-7-11-19(15-18)24-16-17-8-5-4-6-9-17/h4-11,15H,2-3,12-14,16H2,1H3,(H,21,22). The number of anilines is 1. The Morgan fingerprint density at radius 2 is 2.00 bits per heavy atom. The molecular weight excluding hydrogens is 298 g/mol. The molecule has 2 aromatic carbocycles. The summed E-state index contributed by atoms with van der Waals surface area (Å²) in [6.45, 7) is 4.62. The van der Waals surface area contributed by atoms with Crippen LogP contribution in [0.2, 0.25) is 0 Å². The quantitative estimate of drug-likeness (QED) is 0.777. The average Bonchev–Trinajstić information content (AvgIpc) is 3.10. The first-order chi connectivity index (χ1) is 11.8. The molecule has 1 N–H and O–H groups in total. The van der Waals surface area contributed by atoms with Gasteiger partial charge in [-0.05, 0) is 24.1 Å². The van der Waals surface area contributed by atoms with Crippen LogP contribution in [0.15, 0.2) is 59.6 Å². The molecule has 0 spiro atoms. The molecule has 0 atom stereocenters. The number of nitrogens with one attached hydrogen (secondary N) is 1. The zero-order valence-electron chi connectivity index (χ0n) is 14.2. The van der Waals surface area contributed by atoms with Crippen LogP contribution >= 0.6 is 0 Å². The lowest BCUT2D eigenvalue weighted by atomic mass is 10.2. The Balaban J connectivity index is 1.58. The van der Waals surface area contributed by atoms with Gasteiger partial charge in [0.25, 0.3) is 0 Å². The summed E-state index contributed by atoms with van der Waals surface area (Å²) in [5.41, 5.74) is 5.68. The Morgan fingerprint density at radius 3 is 2.83 bits per heavy atom. The number of ether oxygens (including phenoxy) is 1. The van der Waals surface area contributed by atoms with Crippen molar-refractivity contribution in [2.45, 2.75) is 32.8 Å². The van der Waals surface area contributed by atoms with Crippen LogP contribution in [0, 0.1) is 0 Å². The normalized spacial score (nSPS) is 15.5. The topological polar surface area (TPSA) is 36.9 Å². The number of nitrogens with zero attached hydrogens (tertiary/aromatic N) is 2. The molecule has 1 heterocycles. The zero-order chi connectivity index (χ0) is 16.6. The molecule has 0 amide bonds. The molecule has 3 rings (SSSR count). The molecular formula is C20H25N3O. The van der Waals surface area contributed by atoms with E-state index >= 15 is 0 Å². The number of hydrazine groups is 1. The molecule has 2 aromatic rings. The van der Waals surface area contributed by atoms with Gasteiger partial charge in [0.05, 0.1) is 5.69 Å². The molecule has 126 valence electrons. The predicted molar refractivity (Wildman–Crippen MR) is 99.5 cm³/mol. The van der Waals surface area contributed by atoms with Gasteiger partial charge in [0, 0.05) is 25.6 Å². The van der Waals surface area contributed by atoms with E-state index in [0.29, 0.717) is 6.61 Å². The summed E-state index contributed by atoms with van der Waals surface area (Å²) in [6, 6.07) is 18.4. The van der Waals surface area contributed by atoms with Crippen molar-refractivity contribution < 1.29 is 4.74 Å². The number of hydrogen-bond donors (Lipinski definition) is 1. The Bertz CT molecular complexity index is 670. The van der Waals surface area contributed by atoms with E-state index in [9.17, 15) is 0 Å². The molecule has 4 nitrogen and oxygen atoms in total. The Labute approximate surface area is 144 Å². The van der Waals surface area contributed by atoms with Gasteiger partial charge in [-0.15, -0.1) is 0 Å². The van der Waals surface area contributed by atoms with E-state index < -0.39 is 0 Å². The third-order valence-electron chi connectivity index (χ3n) is 4.03. The summed E-state index contributed by atoms with van der Waals surface area (Å²) in [4.78, 5) is 4.62. The maximum atomic E-state index is 5.91. The number of unbranched alkanes of at least 4 members (excludes halogenated alkanes) is 1. The summed E-state index contributed by atoms with van der Waals surface area (Å²) in [5.74, 6) is 1.97. The molecule has 0 aromatic heterocycles. The smallest absolute Gasteiger partial charge is 0.121 e. The SMILES string of the molecule is CCCCN=C1CCN(c2cccc(OCc3ccccc3)c2)N1. The molecule has 0 saturated carbocycles. The first-order valence-electron chi connectivity index (χ1n) is 8.69. The van der Waals surface area contributed by atoms with Crippen molar-refractivity contribution in [3.8, 4) is 5.75 Å². The van der Waals surface area contributed by atoms with Gasteiger partial charge in [-0.2, -0.15) is 0 Å². The van der Waals surface area contributed by atoms with Crippen molar-refractivity contribution in [3.05, 3.63) is 60.2 Å². The van der Waals surface area contributed by atoms with Crippen molar-refractivity contribution in [3.63, 3.8) is 0 Å². The Kier molecular flexibility index (Phi) is 5.72. The van der Waals surface area contributed by atoms with E-state index in [1.165, 1.54) is 12.0 Å². The number of amidine groups is 1. The van der Waals surface area contributed by atoms with Gasteiger partial charge in [-0.3, -0.25) is 15.4 Å². The van der Waals surface area contributed by atoms with E-state index in [1.807, 2.05) is 30.3 Å². The third kappa shape index (κ3) is 4.51. The van der Waals surface area contributed by atoms with Crippen molar-refractivity contribution in [1.29, 1.82) is 0 Å². The highest BCUT2D eigenvalue weighted by molar-refractivity contribution is 5.87. The fraction of sp³-hybridized carbons (Fsp3) is 0.350. The van der Waals surface area contributed by atoms with E-state index in [1.54, 1.807) is 0 Å². The number of aliphatic imine (C=N–C) groups is 1. The molecule has 1 saturated heterocycles. The van der Waals surface area contributed by atoms with Crippen LogP contribution in [0.25, 0.3) is 0 Å². The molecule has 1 aliphatic rings.